The van der Waals surface area contributed by atoms with Gasteiger partial charge in [-0.25, -0.2) is 0 Å². The van der Waals surface area contributed by atoms with Crippen molar-refractivity contribution in [1.82, 2.24) is 10.2 Å². The quantitative estimate of drug-likeness (QED) is 0.873. The summed E-state index contributed by atoms with van der Waals surface area (Å²) in [6.07, 6.45) is 3.73. The molecule has 1 heterocycles. The zero-order valence-electron chi connectivity index (χ0n) is 13.5. The summed E-state index contributed by atoms with van der Waals surface area (Å²) in [7, 11) is 0. The fraction of sp³-hybridized carbons (Fsp3) is 0.667. The van der Waals surface area contributed by atoms with Gasteiger partial charge in [-0.05, 0) is 31.7 Å². The van der Waals surface area contributed by atoms with E-state index >= 15 is 0 Å². The molecule has 0 aliphatic carbocycles. The van der Waals surface area contributed by atoms with Gasteiger partial charge in [-0.3, -0.25) is 4.90 Å². The second-order valence-corrected chi connectivity index (χ2v) is 6.16. The molecular weight excluding hydrogens is 244 g/mol. The molecule has 0 spiro atoms. The van der Waals surface area contributed by atoms with Gasteiger partial charge in [-0.15, -0.1) is 0 Å². The van der Waals surface area contributed by atoms with E-state index < -0.39 is 0 Å². The molecule has 1 saturated heterocycles. The molecular formula is C18H30N2. The molecule has 1 N–H and O–H groups in total. The predicted octanol–water partition coefficient (Wildman–Crippen LogP) is 3.99. The Balaban J connectivity index is 2.20. The van der Waals surface area contributed by atoms with Crippen molar-refractivity contribution in [3.63, 3.8) is 0 Å². The first kappa shape index (κ1) is 15.5. The smallest absolute Gasteiger partial charge is 0.0450 e. The molecule has 0 bridgehead atoms. The topological polar surface area (TPSA) is 15.3 Å². The molecule has 2 nitrogen and oxygen atoms in total. The van der Waals surface area contributed by atoms with Crippen LogP contribution < -0.4 is 5.32 Å². The summed E-state index contributed by atoms with van der Waals surface area (Å²) in [5.74, 6) is 0. The first-order valence-electron chi connectivity index (χ1n) is 8.22. The van der Waals surface area contributed by atoms with E-state index in [1.54, 1.807) is 0 Å². The number of rotatable bonds is 5. The molecule has 1 aromatic rings. The molecule has 0 aromatic heterocycles. The van der Waals surface area contributed by atoms with Crippen molar-refractivity contribution in [2.45, 2.75) is 64.6 Å². The van der Waals surface area contributed by atoms with Crippen molar-refractivity contribution in [3.8, 4) is 0 Å². The van der Waals surface area contributed by atoms with Crippen molar-refractivity contribution in [1.29, 1.82) is 0 Å². The Labute approximate surface area is 124 Å². The standard InChI is InChI=1S/C18H30N2/c1-5-18(6-2,7-3)20-14-17(19-13-15(20)4)16-11-9-8-10-12-16/h8-12,15,17,19H,5-7,13-14H2,1-4H3. The van der Waals surface area contributed by atoms with E-state index in [0.717, 1.165) is 13.1 Å². The highest BCUT2D eigenvalue weighted by Crippen LogP contribution is 2.33. The van der Waals surface area contributed by atoms with Crippen LogP contribution >= 0.6 is 0 Å². The van der Waals surface area contributed by atoms with Gasteiger partial charge in [0, 0.05) is 30.7 Å². The summed E-state index contributed by atoms with van der Waals surface area (Å²) < 4.78 is 0. The molecule has 2 unspecified atom stereocenters. The van der Waals surface area contributed by atoms with Gasteiger partial charge in [0.1, 0.15) is 0 Å². The van der Waals surface area contributed by atoms with Crippen LogP contribution in [0.1, 0.15) is 58.6 Å². The Kier molecular flexibility index (Phi) is 5.22. The maximum Gasteiger partial charge on any atom is 0.0450 e. The van der Waals surface area contributed by atoms with Crippen molar-refractivity contribution in [2.24, 2.45) is 0 Å². The van der Waals surface area contributed by atoms with Crippen LogP contribution in [0.2, 0.25) is 0 Å². The van der Waals surface area contributed by atoms with E-state index in [1.807, 2.05) is 0 Å². The average Bonchev–Trinajstić information content (AvgIpc) is 2.52. The van der Waals surface area contributed by atoms with E-state index in [4.69, 9.17) is 0 Å². The highest BCUT2D eigenvalue weighted by atomic mass is 15.3. The fourth-order valence-electron chi connectivity index (χ4n) is 3.79. The van der Waals surface area contributed by atoms with E-state index in [0.29, 0.717) is 17.6 Å². The van der Waals surface area contributed by atoms with Crippen molar-refractivity contribution >= 4 is 0 Å². The molecule has 20 heavy (non-hydrogen) atoms. The third-order valence-electron chi connectivity index (χ3n) is 5.36. The number of nitrogens with one attached hydrogen (secondary N) is 1. The van der Waals surface area contributed by atoms with Gasteiger partial charge in [-0.2, -0.15) is 0 Å². The molecule has 2 atom stereocenters. The molecule has 2 heteroatoms. The lowest BCUT2D eigenvalue weighted by Gasteiger charge is -2.51. The minimum absolute atomic E-state index is 0.370. The van der Waals surface area contributed by atoms with Crippen LogP contribution in [0.15, 0.2) is 30.3 Å². The van der Waals surface area contributed by atoms with Gasteiger partial charge < -0.3 is 5.32 Å². The summed E-state index contributed by atoms with van der Waals surface area (Å²) in [5, 5.41) is 3.72. The molecule has 1 aromatic carbocycles. The van der Waals surface area contributed by atoms with E-state index in [2.05, 4.69) is 68.2 Å². The summed E-state index contributed by atoms with van der Waals surface area (Å²) >= 11 is 0. The number of piperazine rings is 1. The average molecular weight is 274 g/mol. The van der Waals surface area contributed by atoms with Crippen LogP contribution in [-0.2, 0) is 0 Å². The minimum Gasteiger partial charge on any atom is -0.307 e. The van der Waals surface area contributed by atoms with E-state index in [-0.39, 0.29) is 0 Å². The summed E-state index contributed by atoms with van der Waals surface area (Å²) in [6, 6.07) is 12.0. The number of benzene rings is 1. The summed E-state index contributed by atoms with van der Waals surface area (Å²) in [6.45, 7) is 11.6. The zero-order valence-corrected chi connectivity index (χ0v) is 13.5. The molecule has 112 valence electrons. The molecule has 0 saturated carbocycles. The second-order valence-electron chi connectivity index (χ2n) is 6.16. The van der Waals surface area contributed by atoms with Crippen molar-refractivity contribution in [2.75, 3.05) is 13.1 Å². The largest absolute Gasteiger partial charge is 0.307 e. The van der Waals surface area contributed by atoms with Gasteiger partial charge in [0.05, 0.1) is 0 Å². The minimum atomic E-state index is 0.370. The van der Waals surface area contributed by atoms with Gasteiger partial charge in [0.2, 0.25) is 0 Å². The molecule has 1 aliphatic heterocycles. The van der Waals surface area contributed by atoms with Crippen LogP contribution in [0, 0.1) is 0 Å². The molecule has 2 rings (SSSR count). The highest BCUT2D eigenvalue weighted by molar-refractivity contribution is 5.20. The lowest BCUT2D eigenvalue weighted by atomic mass is 9.84. The van der Waals surface area contributed by atoms with E-state index in [1.165, 1.54) is 24.8 Å². The zero-order chi connectivity index (χ0) is 14.6. The van der Waals surface area contributed by atoms with Crippen LogP contribution in [0.25, 0.3) is 0 Å². The molecule has 0 amide bonds. The fourth-order valence-corrected chi connectivity index (χ4v) is 3.79. The van der Waals surface area contributed by atoms with E-state index in [9.17, 15) is 0 Å². The Bertz CT molecular complexity index is 389. The first-order chi connectivity index (χ1) is 9.66. The van der Waals surface area contributed by atoms with Gasteiger partial charge in [0.15, 0.2) is 0 Å². The number of hydrogen-bond acceptors (Lipinski definition) is 2. The first-order valence-corrected chi connectivity index (χ1v) is 8.22. The van der Waals surface area contributed by atoms with Crippen LogP contribution in [0.4, 0.5) is 0 Å². The second kappa shape index (κ2) is 6.73. The monoisotopic (exact) mass is 274 g/mol. The third kappa shape index (κ3) is 2.91. The maximum absolute atomic E-state index is 3.72. The maximum atomic E-state index is 3.72. The van der Waals surface area contributed by atoms with Crippen LogP contribution in [-0.4, -0.2) is 29.6 Å². The SMILES string of the molecule is CCC(CC)(CC)N1CC(c2ccccc2)NCC1C. The normalized spacial score (nSPS) is 24.8. The van der Waals surface area contributed by atoms with Crippen molar-refractivity contribution in [3.05, 3.63) is 35.9 Å². The predicted molar refractivity (Wildman–Crippen MR) is 87.0 cm³/mol. The van der Waals surface area contributed by atoms with Crippen LogP contribution in [0.5, 0.6) is 0 Å². The Hall–Kier alpha value is -0.860. The third-order valence-corrected chi connectivity index (χ3v) is 5.36. The molecule has 1 fully saturated rings. The lowest BCUT2D eigenvalue weighted by molar-refractivity contribution is 0.00641. The van der Waals surface area contributed by atoms with Gasteiger partial charge in [-0.1, -0.05) is 51.1 Å². The van der Waals surface area contributed by atoms with Crippen molar-refractivity contribution < 1.29 is 0 Å². The summed E-state index contributed by atoms with van der Waals surface area (Å²) in [4.78, 5) is 2.77. The summed E-state index contributed by atoms with van der Waals surface area (Å²) in [5.41, 5.74) is 1.79. The molecule has 0 radical (unpaired) electrons. The lowest BCUT2D eigenvalue weighted by Crippen LogP contribution is -2.60. The van der Waals surface area contributed by atoms with Gasteiger partial charge in [0.25, 0.3) is 0 Å². The Morgan fingerprint density at radius 2 is 1.70 bits per heavy atom. The Morgan fingerprint density at radius 1 is 1.10 bits per heavy atom. The van der Waals surface area contributed by atoms with Crippen LogP contribution in [0.3, 0.4) is 0 Å². The molecule has 1 aliphatic rings. The number of nitrogens with zero attached hydrogens (tertiary/aromatic N) is 1. The Morgan fingerprint density at radius 3 is 2.25 bits per heavy atom. The number of hydrogen-bond donors (Lipinski definition) is 1. The highest BCUT2D eigenvalue weighted by Gasteiger charge is 2.38. The van der Waals surface area contributed by atoms with Gasteiger partial charge >= 0.3 is 0 Å².